The number of carbonyl (C=O) groups excluding carboxylic acids is 1. The van der Waals surface area contributed by atoms with Crippen LogP contribution in [-0.4, -0.2) is 37.9 Å². The van der Waals surface area contributed by atoms with E-state index < -0.39 is 33.6 Å². The van der Waals surface area contributed by atoms with E-state index in [2.05, 4.69) is 5.32 Å². The fourth-order valence-corrected chi connectivity index (χ4v) is 3.53. The zero-order valence-corrected chi connectivity index (χ0v) is 15.1. The van der Waals surface area contributed by atoms with E-state index in [0.29, 0.717) is 10.5 Å². The normalized spacial score (nSPS) is 12.7. The third-order valence-electron chi connectivity index (χ3n) is 3.72. The van der Waals surface area contributed by atoms with E-state index in [1.807, 2.05) is 0 Å². The van der Waals surface area contributed by atoms with Gasteiger partial charge in [0.1, 0.15) is 6.04 Å². The van der Waals surface area contributed by atoms with Crippen molar-refractivity contribution in [1.82, 2.24) is 5.32 Å². The monoisotopic (exact) mass is 390 g/mol. The zero-order chi connectivity index (χ0) is 19.8. The minimum atomic E-state index is -1.37. The number of hydrogen-bond donors (Lipinski definition) is 2. The average molecular weight is 390 g/mol. The SMILES string of the molecule is O=C(Cc1cccc([N+](=O)[O-])c1)N[C@@H](CC[S@@](=O)c1ccccc1)C(=O)O. The lowest BCUT2D eigenvalue weighted by molar-refractivity contribution is -0.384. The van der Waals surface area contributed by atoms with Gasteiger partial charge in [-0.3, -0.25) is 19.1 Å². The third kappa shape index (κ3) is 6.30. The molecule has 0 unspecified atom stereocenters. The van der Waals surface area contributed by atoms with Crippen molar-refractivity contribution < 1.29 is 23.8 Å². The van der Waals surface area contributed by atoms with Crippen LogP contribution in [0.15, 0.2) is 59.5 Å². The van der Waals surface area contributed by atoms with Crippen molar-refractivity contribution in [3.8, 4) is 0 Å². The Morgan fingerprint density at radius 1 is 1.15 bits per heavy atom. The number of nitrogens with zero attached hydrogens (tertiary/aromatic N) is 1. The number of nitrogens with one attached hydrogen (secondary N) is 1. The molecule has 2 rings (SSSR count). The molecule has 8 nitrogen and oxygen atoms in total. The van der Waals surface area contributed by atoms with E-state index in [9.17, 15) is 29.0 Å². The lowest BCUT2D eigenvalue weighted by Crippen LogP contribution is -2.42. The molecule has 0 radical (unpaired) electrons. The molecule has 0 bridgehead atoms. The molecule has 0 spiro atoms. The van der Waals surface area contributed by atoms with Gasteiger partial charge in [0.2, 0.25) is 5.91 Å². The first-order valence-corrected chi connectivity index (χ1v) is 9.37. The summed E-state index contributed by atoms with van der Waals surface area (Å²) in [5.41, 5.74) is 0.257. The summed E-state index contributed by atoms with van der Waals surface area (Å²) in [6.07, 6.45) is -0.190. The Kier molecular flexibility index (Phi) is 7.18. The Balaban J connectivity index is 1.94. The smallest absolute Gasteiger partial charge is 0.326 e. The summed E-state index contributed by atoms with van der Waals surface area (Å²) in [7, 11) is -1.37. The number of nitro groups is 1. The maximum Gasteiger partial charge on any atom is 0.326 e. The van der Waals surface area contributed by atoms with E-state index in [1.165, 1.54) is 18.2 Å². The van der Waals surface area contributed by atoms with Gasteiger partial charge in [-0.2, -0.15) is 0 Å². The molecule has 9 heteroatoms. The summed E-state index contributed by atoms with van der Waals surface area (Å²) in [6, 6.07) is 13.0. The second-order valence-corrected chi connectivity index (χ2v) is 7.28. The number of carboxylic acid groups (broad SMARTS) is 1. The summed E-state index contributed by atoms with van der Waals surface area (Å²) in [5.74, 6) is -1.72. The summed E-state index contributed by atoms with van der Waals surface area (Å²) in [4.78, 5) is 34.3. The molecule has 2 aromatic carbocycles. The topological polar surface area (TPSA) is 127 Å². The Labute approximate surface area is 157 Å². The van der Waals surface area contributed by atoms with Gasteiger partial charge in [-0.15, -0.1) is 0 Å². The van der Waals surface area contributed by atoms with Crippen molar-refractivity contribution in [3.63, 3.8) is 0 Å². The number of nitro benzene ring substituents is 1. The lowest BCUT2D eigenvalue weighted by atomic mass is 10.1. The molecule has 0 aliphatic rings. The molecule has 1 amide bonds. The third-order valence-corrected chi connectivity index (χ3v) is 5.12. The highest BCUT2D eigenvalue weighted by atomic mass is 32.2. The standard InChI is InChI=1S/C18H18N2O6S/c21-17(12-13-5-4-6-14(11-13)20(24)25)19-16(18(22)23)9-10-27(26)15-7-2-1-3-8-15/h1-8,11,16H,9-10,12H2,(H,19,21)(H,22,23)/t16-,27+/m0/s1. The van der Waals surface area contributed by atoms with Crippen LogP contribution in [0, 0.1) is 10.1 Å². The fraction of sp³-hybridized carbons (Fsp3) is 0.222. The number of carboxylic acids is 1. The van der Waals surface area contributed by atoms with Gasteiger partial charge in [0.05, 0.1) is 22.1 Å². The van der Waals surface area contributed by atoms with Crippen molar-refractivity contribution in [2.24, 2.45) is 0 Å². The van der Waals surface area contributed by atoms with Crippen LogP contribution in [0.1, 0.15) is 12.0 Å². The minimum absolute atomic E-state index is 0.00246. The van der Waals surface area contributed by atoms with Gasteiger partial charge in [0.15, 0.2) is 0 Å². The summed E-state index contributed by atoms with van der Waals surface area (Å²) in [5, 5.41) is 22.4. The fourth-order valence-electron chi connectivity index (χ4n) is 2.38. The molecule has 0 aliphatic carbocycles. The highest BCUT2D eigenvalue weighted by Gasteiger charge is 2.21. The Morgan fingerprint density at radius 2 is 1.85 bits per heavy atom. The second kappa shape index (κ2) is 9.58. The Morgan fingerprint density at radius 3 is 2.48 bits per heavy atom. The number of amides is 1. The number of rotatable bonds is 9. The summed E-state index contributed by atoms with van der Waals surface area (Å²) < 4.78 is 12.2. The Hall–Kier alpha value is -3.07. The van der Waals surface area contributed by atoms with Crippen molar-refractivity contribution in [2.75, 3.05) is 5.75 Å². The van der Waals surface area contributed by atoms with Gasteiger partial charge in [-0.1, -0.05) is 30.3 Å². The number of non-ortho nitro benzene ring substituents is 1. The molecule has 0 aliphatic heterocycles. The maximum absolute atomic E-state index is 12.2. The molecule has 0 fully saturated rings. The zero-order valence-electron chi connectivity index (χ0n) is 14.2. The molecule has 0 saturated carbocycles. The van der Waals surface area contributed by atoms with Crippen LogP contribution in [0.5, 0.6) is 0 Å². The molecule has 0 aromatic heterocycles. The van der Waals surface area contributed by atoms with Gasteiger partial charge in [0, 0.05) is 22.8 Å². The van der Waals surface area contributed by atoms with Crippen molar-refractivity contribution >= 4 is 28.4 Å². The molecule has 2 atom stereocenters. The number of carbonyl (C=O) groups is 2. The predicted molar refractivity (Wildman–Crippen MR) is 98.7 cm³/mol. The van der Waals surface area contributed by atoms with Crippen molar-refractivity contribution in [1.29, 1.82) is 0 Å². The number of aliphatic carboxylic acids is 1. The molecule has 2 aromatic rings. The first-order chi connectivity index (χ1) is 12.9. The van der Waals surface area contributed by atoms with Gasteiger partial charge in [-0.25, -0.2) is 4.79 Å². The van der Waals surface area contributed by atoms with Crippen LogP contribution in [0.3, 0.4) is 0 Å². The summed E-state index contributed by atoms with van der Waals surface area (Å²) >= 11 is 0. The van der Waals surface area contributed by atoms with Gasteiger partial charge >= 0.3 is 5.97 Å². The highest BCUT2D eigenvalue weighted by molar-refractivity contribution is 7.85. The van der Waals surface area contributed by atoms with E-state index in [-0.39, 0.29) is 24.3 Å². The van der Waals surface area contributed by atoms with Crippen LogP contribution in [0.25, 0.3) is 0 Å². The van der Waals surface area contributed by atoms with E-state index >= 15 is 0 Å². The van der Waals surface area contributed by atoms with Crippen LogP contribution in [0.4, 0.5) is 5.69 Å². The van der Waals surface area contributed by atoms with Crippen LogP contribution < -0.4 is 5.32 Å². The van der Waals surface area contributed by atoms with Gasteiger partial charge < -0.3 is 10.4 Å². The average Bonchev–Trinajstić information content (AvgIpc) is 2.65. The van der Waals surface area contributed by atoms with E-state index in [1.54, 1.807) is 36.4 Å². The lowest BCUT2D eigenvalue weighted by Gasteiger charge is -2.14. The molecule has 0 heterocycles. The van der Waals surface area contributed by atoms with Crippen LogP contribution in [0.2, 0.25) is 0 Å². The second-order valence-electron chi connectivity index (χ2n) is 5.71. The predicted octanol–water partition coefficient (Wildman–Crippen LogP) is 1.90. The minimum Gasteiger partial charge on any atom is -0.480 e. The molecular weight excluding hydrogens is 372 g/mol. The highest BCUT2D eigenvalue weighted by Crippen LogP contribution is 2.14. The first kappa shape index (κ1) is 20.2. The molecule has 2 N–H and O–H groups in total. The summed E-state index contributed by atoms with van der Waals surface area (Å²) in [6.45, 7) is 0. The van der Waals surface area contributed by atoms with Crippen LogP contribution >= 0.6 is 0 Å². The van der Waals surface area contributed by atoms with Gasteiger partial charge in [0.25, 0.3) is 5.69 Å². The Bertz CT molecular complexity index is 856. The molecule has 27 heavy (non-hydrogen) atoms. The first-order valence-electron chi connectivity index (χ1n) is 8.05. The van der Waals surface area contributed by atoms with Crippen molar-refractivity contribution in [2.45, 2.75) is 23.8 Å². The largest absolute Gasteiger partial charge is 0.480 e. The molecule has 142 valence electrons. The van der Waals surface area contributed by atoms with Crippen LogP contribution in [-0.2, 0) is 26.8 Å². The number of benzene rings is 2. The molecular formula is C18H18N2O6S. The molecule has 0 saturated heterocycles. The maximum atomic E-state index is 12.2. The van der Waals surface area contributed by atoms with Crippen molar-refractivity contribution in [3.05, 3.63) is 70.3 Å². The van der Waals surface area contributed by atoms with E-state index in [0.717, 1.165) is 0 Å². The quantitative estimate of drug-likeness (QED) is 0.497. The number of hydrogen-bond acceptors (Lipinski definition) is 5. The van der Waals surface area contributed by atoms with Gasteiger partial charge in [-0.05, 0) is 24.1 Å². The van der Waals surface area contributed by atoms with E-state index in [4.69, 9.17) is 0 Å².